The largest absolute Gasteiger partial charge is 0.320 e. The lowest BCUT2D eigenvalue weighted by Gasteiger charge is -2.11. The number of anilines is 1. The summed E-state index contributed by atoms with van der Waals surface area (Å²) in [5.41, 5.74) is 1.35. The summed E-state index contributed by atoms with van der Waals surface area (Å²) in [7, 11) is 1.61. The molecule has 5 nitrogen and oxygen atoms in total. The lowest BCUT2D eigenvalue weighted by Crippen LogP contribution is -2.18. The molecule has 1 aromatic heterocycles. The molecule has 2 aromatic carbocycles. The van der Waals surface area contributed by atoms with E-state index in [1.807, 2.05) is 6.07 Å². The van der Waals surface area contributed by atoms with E-state index in [4.69, 9.17) is 23.2 Å². The van der Waals surface area contributed by atoms with E-state index >= 15 is 0 Å². The fourth-order valence-corrected chi connectivity index (χ4v) is 2.83. The van der Waals surface area contributed by atoms with E-state index in [2.05, 4.69) is 10.4 Å². The first-order valence-electron chi connectivity index (χ1n) is 7.35. The number of nitrogens with one attached hydrogen (secondary N) is 1. The van der Waals surface area contributed by atoms with Crippen LogP contribution in [0.1, 0.15) is 26.4 Å². The van der Waals surface area contributed by atoms with Crippen molar-refractivity contribution in [3.8, 4) is 0 Å². The maximum atomic E-state index is 12.8. The van der Waals surface area contributed by atoms with Gasteiger partial charge in [-0.25, -0.2) is 0 Å². The molecule has 25 heavy (non-hydrogen) atoms. The predicted octanol–water partition coefficient (Wildman–Crippen LogP) is 4.21. The Morgan fingerprint density at radius 1 is 1.08 bits per heavy atom. The normalized spacial score (nSPS) is 10.5. The molecule has 0 saturated carbocycles. The summed E-state index contributed by atoms with van der Waals surface area (Å²) in [5.74, 6) is -0.705. The molecule has 1 N–H and O–H groups in total. The monoisotopic (exact) mass is 373 g/mol. The first-order chi connectivity index (χ1) is 12.0. The van der Waals surface area contributed by atoms with E-state index in [1.165, 1.54) is 16.9 Å². The van der Waals surface area contributed by atoms with E-state index < -0.39 is 5.91 Å². The number of hydrogen-bond donors (Lipinski definition) is 1. The van der Waals surface area contributed by atoms with Gasteiger partial charge in [-0.1, -0.05) is 53.5 Å². The number of carbonyl (C=O) groups is 2. The highest BCUT2D eigenvalue weighted by Gasteiger charge is 2.20. The second-order valence-corrected chi connectivity index (χ2v) is 6.15. The lowest BCUT2D eigenvalue weighted by atomic mass is 10.0. The summed E-state index contributed by atoms with van der Waals surface area (Å²) in [6, 6.07) is 13.5. The lowest BCUT2D eigenvalue weighted by molar-refractivity contribution is 0.101. The Morgan fingerprint density at radius 2 is 1.80 bits per heavy atom. The van der Waals surface area contributed by atoms with Crippen LogP contribution in [0.25, 0.3) is 0 Å². The Balaban J connectivity index is 1.98. The molecule has 1 amide bonds. The quantitative estimate of drug-likeness (QED) is 0.696. The minimum Gasteiger partial charge on any atom is -0.320 e. The third-order valence-electron chi connectivity index (χ3n) is 3.62. The van der Waals surface area contributed by atoms with E-state index in [1.54, 1.807) is 43.4 Å². The average Bonchev–Trinajstić information content (AvgIpc) is 2.95. The number of hydrogen-bond acceptors (Lipinski definition) is 3. The predicted molar refractivity (Wildman–Crippen MR) is 97.5 cm³/mol. The molecule has 0 radical (unpaired) electrons. The van der Waals surface area contributed by atoms with Crippen LogP contribution in [0.4, 0.5) is 5.69 Å². The molecule has 1 heterocycles. The maximum absolute atomic E-state index is 12.8. The van der Waals surface area contributed by atoms with Crippen molar-refractivity contribution in [1.29, 1.82) is 0 Å². The fourth-order valence-electron chi connectivity index (χ4n) is 2.41. The minimum absolute atomic E-state index is 0.203. The maximum Gasteiger partial charge on any atom is 0.275 e. The number of ketones is 1. The fraction of sp³-hybridized carbons (Fsp3) is 0.0556. The molecular weight excluding hydrogens is 361 g/mol. The van der Waals surface area contributed by atoms with Gasteiger partial charge < -0.3 is 5.32 Å². The van der Waals surface area contributed by atoms with Crippen molar-refractivity contribution in [2.75, 3.05) is 5.32 Å². The molecule has 0 atom stereocenters. The van der Waals surface area contributed by atoms with Crippen LogP contribution in [-0.4, -0.2) is 21.5 Å². The summed E-state index contributed by atoms with van der Waals surface area (Å²) in [4.78, 5) is 25.3. The van der Waals surface area contributed by atoms with Crippen LogP contribution in [0.2, 0.25) is 10.0 Å². The van der Waals surface area contributed by atoms with Gasteiger partial charge >= 0.3 is 0 Å². The Labute approximate surface area is 154 Å². The molecule has 0 aliphatic rings. The topological polar surface area (TPSA) is 64.0 Å². The number of aryl methyl sites for hydroxylation is 1. The zero-order valence-electron chi connectivity index (χ0n) is 13.2. The molecule has 3 rings (SSSR count). The molecule has 0 aliphatic heterocycles. The highest BCUT2D eigenvalue weighted by atomic mass is 35.5. The van der Waals surface area contributed by atoms with Crippen LogP contribution in [-0.2, 0) is 7.05 Å². The Kier molecular flexibility index (Phi) is 4.88. The molecule has 7 heteroatoms. The summed E-state index contributed by atoms with van der Waals surface area (Å²) >= 11 is 12.0. The van der Waals surface area contributed by atoms with Gasteiger partial charge in [0.05, 0.1) is 16.9 Å². The van der Waals surface area contributed by atoms with Crippen molar-refractivity contribution in [1.82, 2.24) is 9.78 Å². The highest BCUT2D eigenvalue weighted by Crippen LogP contribution is 2.25. The molecule has 126 valence electrons. The Morgan fingerprint density at radius 3 is 2.44 bits per heavy atom. The summed E-state index contributed by atoms with van der Waals surface area (Å²) in [6.45, 7) is 0. The van der Waals surface area contributed by atoms with Crippen LogP contribution >= 0.6 is 23.2 Å². The van der Waals surface area contributed by atoms with Crippen molar-refractivity contribution in [2.45, 2.75) is 0 Å². The molecule has 3 aromatic rings. The van der Waals surface area contributed by atoms with Crippen molar-refractivity contribution in [3.63, 3.8) is 0 Å². The first kappa shape index (κ1) is 17.2. The van der Waals surface area contributed by atoms with Gasteiger partial charge in [-0.2, -0.15) is 5.10 Å². The van der Waals surface area contributed by atoms with E-state index in [0.717, 1.165) is 0 Å². The second kappa shape index (κ2) is 7.09. The number of carbonyl (C=O) groups excluding carboxylic acids is 2. The van der Waals surface area contributed by atoms with Gasteiger partial charge in [0, 0.05) is 23.2 Å². The van der Waals surface area contributed by atoms with Crippen LogP contribution in [0.15, 0.2) is 54.7 Å². The van der Waals surface area contributed by atoms with E-state index in [9.17, 15) is 9.59 Å². The third-order valence-corrected chi connectivity index (χ3v) is 4.13. The van der Waals surface area contributed by atoms with Crippen LogP contribution in [0.3, 0.4) is 0 Å². The van der Waals surface area contributed by atoms with Gasteiger partial charge in [-0.05, 0) is 18.2 Å². The summed E-state index contributed by atoms with van der Waals surface area (Å²) < 4.78 is 1.37. The Bertz CT molecular complexity index is 933. The van der Waals surface area contributed by atoms with Crippen LogP contribution in [0, 0.1) is 0 Å². The molecule has 0 aliphatic carbocycles. The van der Waals surface area contributed by atoms with Gasteiger partial charge in [0.1, 0.15) is 5.69 Å². The molecular formula is C18H13Cl2N3O2. The van der Waals surface area contributed by atoms with Gasteiger partial charge in [0.2, 0.25) is 0 Å². The number of halogens is 2. The SMILES string of the molecule is Cn1ncc(Cl)c1C(=O)Nc1ccc(Cl)cc1C(=O)c1ccccc1. The average molecular weight is 374 g/mol. The van der Waals surface area contributed by atoms with Crippen LogP contribution < -0.4 is 5.32 Å². The van der Waals surface area contributed by atoms with Crippen molar-refractivity contribution in [2.24, 2.45) is 7.05 Å². The van der Waals surface area contributed by atoms with Gasteiger partial charge in [0.25, 0.3) is 5.91 Å². The number of benzene rings is 2. The number of aromatic nitrogens is 2. The van der Waals surface area contributed by atoms with Gasteiger partial charge in [0.15, 0.2) is 5.78 Å². The molecule has 0 bridgehead atoms. The van der Waals surface area contributed by atoms with Crippen LogP contribution in [0.5, 0.6) is 0 Å². The second-order valence-electron chi connectivity index (χ2n) is 5.30. The number of rotatable bonds is 4. The Hall–Kier alpha value is -2.63. The molecule has 0 fully saturated rings. The molecule has 0 spiro atoms. The molecule has 0 saturated heterocycles. The van der Waals surface area contributed by atoms with Crippen molar-refractivity contribution < 1.29 is 9.59 Å². The van der Waals surface area contributed by atoms with Gasteiger partial charge in [-0.15, -0.1) is 0 Å². The van der Waals surface area contributed by atoms with Crippen molar-refractivity contribution in [3.05, 3.63) is 81.6 Å². The highest BCUT2D eigenvalue weighted by molar-refractivity contribution is 6.34. The zero-order valence-corrected chi connectivity index (χ0v) is 14.7. The zero-order chi connectivity index (χ0) is 18.0. The summed E-state index contributed by atoms with van der Waals surface area (Å²) in [5, 5.41) is 7.27. The van der Waals surface area contributed by atoms with E-state index in [0.29, 0.717) is 21.8 Å². The number of amides is 1. The smallest absolute Gasteiger partial charge is 0.275 e. The summed E-state index contributed by atoms with van der Waals surface area (Å²) in [6.07, 6.45) is 1.38. The number of nitrogens with zero attached hydrogens (tertiary/aromatic N) is 2. The van der Waals surface area contributed by atoms with Gasteiger partial charge in [-0.3, -0.25) is 14.3 Å². The third kappa shape index (κ3) is 3.57. The van der Waals surface area contributed by atoms with E-state index in [-0.39, 0.29) is 16.5 Å². The first-order valence-corrected chi connectivity index (χ1v) is 8.11. The minimum atomic E-state index is -0.463. The van der Waals surface area contributed by atoms with Crippen molar-refractivity contribution >= 4 is 40.6 Å². The molecule has 0 unspecified atom stereocenters. The standard InChI is InChI=1S/C18H13Cl2N3O2/c1-23-16(14(20)10-21-23)18(25)22-15-8-7-12(19)9-13(15)17(24)11-5-3-2-4-6-11/h2-10H,1H3,(H,22,25).